The number of hydrogen-bond donors (Lipinski definition) is 0. The molecule has 0 heterocycles. The highest BCUT2D eigenvalue weighted by Crippen LogP contribution is 2.20. The summed E-state index contributed by atoms with van der Waals surface area (Å²) in [5.74, 6) is 0.429. The van der Waals surface area contributed by atoms with Gasteiger partial charge in [0.1, 0.15) is 5.60 Å². The van der Waals surface area contributed by atoms with Gasteiger partial charge < -0.3 is 9.47 Å². The van der Waals surface area contributed by atoms with Crippen molar-refractivity contribution >= 4 is 12.1 Å². The van der Waals surface area contributed by atoms with Crippen molar-refractivity contribution in [3.05, 3.63) is 47.9 Å². The molecule has 0 atom stereocenters. The van der Waals surface area contributed by atoms with Crippen LogP contribution in [0.3, 0.4) is 0 Å². The van der Waals surface area contributed by atoms with Crippen LogP contribution < -0.4 is 0 Å². The van der Waals surface area contributed by atoms with Crippen molar-refractivity contribution in [3.63, 3.8) is 0 Å². The van der Waals surface area contributed by atoms with Crippen molar-refractivity contribution in [1.82, 2.24) is 4.90 Å². The molecule has 0 aliphatic heterocycles. The summed E-state index contributed by atoms with van der Waals surface area (Å²) >= 11 is 0. The van der Waals surface area contributed by atoms with E-state index < -0.39 is 17.7 Å². The van der Waals surface area contributed by atoms with Gasteiger partial charge in [-0.05, 0) is 51.2 Å². The lowest BCUT2D eigenvalue weighted by molar-refractivity contribution is -0.139. The fourth-order valence-electron chi connectivity index (χ4n) is 2.59. The maximum atomic E-state index is 12.8. The molecule has 1 rings (SSSR count). The number of esters is 1. The molecule has 0 aliphatic carbocycles. The van der Waals surface area contributed by atoms with Gasteiger partial charge in [-0.2, -0.15) is 0 Å². The maximum Gasteiger partial charge on any atom is 0.417 e. The lowest BCUT2D eigenvalue weighted by atomic mass is 10.1. The van der Waals surface area contributed by atoms with Crippen molar-refractivity contribution in [2.24, 2.45) is 5.92 Å². The smallest absolute Gasteiger partial charge is 0.417 e. The monoisotopic (exact) mass is 389 g/mol. The quantitative estimate of drug-likeness (QED) is 0.293. The molecule has 0 aromatic heterocycles. The molecule has 28 heavy (non-hydrogen) atoms. The molecule has 1 amide bonds. The number of benzene rings is 1. The molecule has 0 bridgehead atoms. The van der Waals surface area contributed by atoms with E-state index in [2.05, 4.69) is 13.8 Å². The van der Waals surface area contributed by atoms with Crippen molar-refractivity contribution < 1.29 is 19.1 Å². The highest BCUT2D eigenvalue weighted by Gasteiger charge is 2.26. The SMILES string of the molecule is CC(=O)OC(=CCCCCC(C)C)N(Cc1ccccc1)C(=O)OC(C)(C)C. The number of carbonyl (C=O) groups is 2. The largest absolute Gasteiger partial charge is 0.443 e. The van der Waals surface area contributed by atoms with E-state index in [1.54, 1.807) is 0 Å². The number of carbonyl (C=O) groups excluding carboxylic acids is 2. The summed E-state index contributed by atoms with van der Waals surface area (Å²) < 4.78 is 10.9. The summed E-state index contributed by atoms with van der Waals surface area (Å²) in [4.78, 5) is 25.9. The highest BCUT2D eigenvalue weighted by atomic mass is 16.6. The minimum atomic E-state index is -0.648. The Morgan fingerprint density at radius 3 is 2.29 bits per heavy atom. The maximum absolute atomic E-state index is 12.8. The molecule has 0 aliphatic rings. The minimum Gasteiger partial charge on any atom is -0.443 e. The fourth-order valence-corrected chi connectivity index (χ4v) is 2.59. The zero-order valence-corrected chi connectivity index (χ0v) is 18.2. The summed E-state index contributed by atoms with van der Waals surface area (Å²) in [7, 11) is 0. The summed E-state index contributed by atoms with van der Waals surface area (Å²) in [6.07, 6.45) is 5.21. The second-order valence-electron chi connectivity index (χ2n) is 8.37. The topological polar surface area (TPSA) is 55.8 Å². The van der Waals surface area contributed by atoms with Crippen LogP contribution in [0.2, 0.25) is 0 Å². The molecule has 0 N–H and O–H groups in total. The third kappa shape index (κ3) is 10.1. The Hall–Kier alpha value is -2.30. The van der Waals surface area contributed by atoms with Gasteiger partial charge in [-0.3, -0.25) is 4.79 Å². The molecule has 0 fully saturated rings. The Labute approximate surface area is 169 Å². The molecule has 0 saturated heterocycles. The predicted molar refractivity (Wildman–Crippen MR) is 111 cm³/mol. The summed E-state index contributed by atoms with van der Waals surface area (Å²) in [6.45, 7) is 11.4. The Morgan fingerprint density at radius 2 is 1.75 bits per heavy atom. The number of unbranched alkanes of at least 4 members (excludes halogenated alkanes) is 2. The minimum absolute atomic E-state index is 0.232. The second kappa shape index (κ2) is 11.5. The van der Waals surface area contributed by atoms with Gasteiger partial charge in [-0.1, -0.05) is 57.0 Å². The summed E-state index contributed by atoms with van der Waals surface area (Å²) in [6, 6.07) is 9.57. The molecule has 1 aromatic rings. The molecule has 0 unspecified atom stereocenters. The number of amides is 1. The molecular formula is C23H35NO4. The number of hydrogen-bond acceptors (Lipinski definition) is 4. The van der Waals surface area contributed by atoms with Gasteiger partial charge in [0.2, 0.25) is 5.88 Å². The third-order valence-corrected chi connectivity index (χ3v) is 3.87. The van der Waals surface area contributed by atoms with Crippen LogP contribution in [-0.4, -0.2) is 22.6 Å². The normalized spacial score (nSPS) is 12.0. The molecule has 0 radical (unpaired) electrons. The Balaban J connectivity index is 3.03. The number of allylic oxidation sites excluding steroid dienone is 1. The van der Waals surface area contributed by atoms with Crippen LogP contribution in [0.15, 0.2) is 42.3 Å². The van der Waals surface area contributed by atoms with Gasteiger partial charge in [0, 0.05) is 6.92 Å². The van der Waals surface area contributed by atoms with Crippen LogP contribution in [0.5, 0.6) is 0 Å². The molecular weight excluding hydrogens is 354 g/mol. The molecule has 0 saturated carbocycles. The van der Waals surface area contributed by atoms with Gasteiger partial charge in [0.15, 0.2) is 0 Å². The highest BCUT2D eigenvalue weighted by molar-refractivity contribution is 5.72. The Bertz CT molecular complexity index is 644. The van der Waals surface area contributed by atoms with Gasteiger partial charge in [0.25, 0.3) is 0 Å². The van der Waals surface area contributed by atoms with Crippen molar-refractivity contribution in [3.8, 4) is 0 Å². The Kier molecular flexibility index (Phi) is 9.77. The van der Waals surface area contributed by atoms with E-state index in [9.17, 15) is 9.59 Å². The van der Waals surface area contributed by atoms with Gasteiger partial charge in [0.05, 0.1) is 6.54 Å². The molecule has 5 heteroatoms. The van der Waals surface area contributed by atoms with Crippen LogP contribution in [0.1, 0.15) is 72.8 Å². The van der Waals surface area contributed by atoms with Crippen molar-refractivity contribution in [2.45, 2.75) is 79.4 Å². The first-order valence-electron chi connectivity index (χ1n) is 10.0. The lowest BCUT2D eigenvalue weighted by Crippen LogP contribution is -2.37. The molecule has 0 spiro atoms. The van der Waals surface area contributed by atoms with E-state index in [1.807, 2.05) is 57.2 Å². The zero-order chi connectivity index (χ0) is 21.2. The lowest BCUT2D eigenvalue weighted by Gasteiger charge is -2.28. The van der Waals surface area contributed by atoms with Gasteiger partial charge in [-0.25, -0.2) is 9.69 Å². The summed E-state index contributed by atoms with van der Waals surface area (Å²) in [5, 5.41) is 0. The molecule has 156 valence electrons. The van der Waals surface area contributed by atoms with E-state index >= 15 is 0 Å². The first-order valence-corrected chi connectivity index (χ1v) is 10.0. The fraction of sp³-hybridized carbons (Fsp3) is 0.565. The van der Waals surface area contributed by atoms with E-state index in [4.69, 9.17) is 9.47 Å². The summed E-state index contributed by atoms with van der Waals surface area (Å²) in [5.41, 5.74) is 0.274. The van der Waals surface area contributed by atoms with E-state index in [0.717, 1.165) is 31.2 Å². The van der Waals surface area contributed by atoms with Crippen LogP contribution in [0.4, 0.5) is 4.79 Å². The average molecular weight is 390 g/mol. The van der Waals surface area contributed by atoms with Crippen LogP contribution in [-0.2, 0) is 20.8 Å². The third-order valence-electron chi connectivity index (χ3n) is 3.87. The van der Waals surface area contributed by atoms with Crippen LogP contribution in [0, 0.1) is 5.92 Å². The van der Waals surface area contributed by atoms with Gasteiger partial charge in [-0.15, -0.1) is 0 Å². The number of rotatable bonds is 9. The average Bonchev–Trinajstić information content (AvgIpc) is 2.57. The number of ether oxygens (including phenoxy) is 2. The second-order valence-corrected chi connectivity index (χ2v) is 8.37. The predicted octanol–water partition coefficient (Wildman–Crippen LogP) is 6.04. The van der Waals surface area contributed by atoms with Crippen molar-refractivity contribution in [2.75, 3.05) is 0 Å². The standard InChI is InChI=1S/C23H35NO4/c1-18(2)13-9-7-12-16-21(27-19(3)25)24(22(26)28-23(4,5)6)17-20-14-10-8-11-15-20/h8,10-11,14-16,18H,7,9,12-13,17H2,1-6H3. The molecule has 5 nitrogen and oxygen atoms in total. The first-order chi connectivity index (χ1) is 13.1. The first kappa shape index (κ1) is 23.7. The molecule has 1 aromatic carbocycles. The number of nitrogens with zero attached hydrogens (tertiary/aromatic N) is 1. The van der Waals surface area contributed by atoms with Gasteiger partial charge >= 0.3 is 12.1 Å². The Morgan fingerprint density at radius 1 is 1.11 bits per heavy atom. The van der Waals surface area contributed by atoms with E-state index in [0.29, 0.717) is 5.92 Å². The van der Waals surface area contributed by atoms with Crippen molar-refractivity contribution in [1.29, 1.82) is 0 Å². The van der Waals surface area contributed by atoms with E-state index in [1.165, 1.54) is 11.8 Å². The van der Waals surface area contributed by atoms with Crippen LogP contribution in [0.25, 0.3) is 0 Å². The van der Waals surface area contributed by atoms with Crippen LogP contribution >= 0.6 is 0 Å². The zero-order valence-electron chi connectivity index (χ0n) is 18.2. The van der Waals surface area contributed by atoms with E-state index in [-0.39, 0.29) is 12.4 Å².